The fourth-order valence-electron chi connectivity index (χ4n) is 2.04. The molecule has 0 amide bonds. The van der Waals surface area contributed by atoms with Crippen molar-refractivity contribution in [2.45, 2.75) is 32.7 Å². The van der Waals surface area contributed by atoms with E-state index in [2.05, 4.69) is 37.8 Å². The van der Waals surface area contributed by atoms with Crippen LogP contribution in [0.1, 0.15) is 35.5 Å². The molecule has 1 aromatic heterocycles. The van der Waals surface area contributed by atoms with Crippen LogP contribution in [0.25, 0.3) is 0 Å². The van der Waals surface area contributed by atoms with Crippen LogP contribution in [0.2, 0.25) is 0 Å². The second-order valence-electron chi connectivity index (χ2n) is 4.67. The molecule has 0 radical (unpaired) electrons. The molecule has 0 fully saturated rings. The Balaban J connectivity index is 2.21. The Labute approximate surface area is 130 Å². The average Bonchev–Trinajstić information content (AvgIpc) is 2.83. The smallest absolute Gasteiger partial charge is 0.124 e. The lowest BCUT2D eigenvalue weighted by atomic mass is 10.0. The van der Waals surface area contributed by atoms with Crippen LogP contribution in [0.3, 0.4) is 0 Å². The number of hydrogen-bond donors (Lipinski definition) is 1. The number of nitrogens with one attached hydrogen (secondary N) is 1. The SMILES string of the molecule is CCCNC(Cc1ccc(F)cc1Br)c1snnc1C. The predicted octanol–water partition coefficient (Wildman–Crippen LogP) is 4.03. The Morgan fingerprint density at radius 3 is 2.85 bits per heavy atom. The lowest BCUT2D eigenvalue weighted by Gasteiger charge is -2.18. The normalized spacial score (nSPS) is 12.6. The summed E-state index contributed by atoms with van der Waals surface area (Å²) < 4.78 is 18.0. The van der Waals surface area contributed by atoms with Crippen LogP contribution in [-0.4, -0.2) is 16.1 Å². The number of aryl methyl sites for hydroxylation is 1. The third kappa shape index (κ3) is 3.84. The zero-order valence-corrected chi connectivity index (χ0v) is 13.9. The average molecular weight is 358 g/mol. The van der Waals surface area contributed by atoms with E-state index in [9.17, 15) is 4.39 Å². The van der Waals surface area contributed by atoms with E-state index in [4.69, 9.17) is 0 Å². The summed E-state index contributed by atoms with van der Waals surface area (Å²) in [7, 11) is 0. The molecule has 1 heterocycles. The molecule has 0 spiro atoms. The molecular formula is C14H17BrFN3S. The van der Waals surface area contributed by atoms with Gasteiger partial charge in [-0.2, -0.15) is 0 Å². The summed E-state index contributed by atoms with van der Waals surface area (Å²) in [5.41, 5.74) is 2.04. The highest BCUT2D eigenvalue weighted by atomic mass is 79.9. The maximum atomic E-state index is 13.2. The lowest BCUT2D eigenvalue weighted by Crippen LogP contribution is -2.24. The van der Waals surface area contributed by atoms with Gasteiger partial charge < -0.3 is 5.32 Å². The zero-order chi connectivity index (χ0) is 14.5. The Hall–Kier alpha value is -0.850. The first kappa shape index (κ1) is 15.5. The third-order valence-corrected chi connectivity index (χ3v) is 4.76. The first-order valence-electron chi connectivity index (χ1n) is 6.58. The van der Waals surface area contributed by atoms with Gasteiger partial charge in [0.15, 0.2) is 0 Å². The largest absolute Gasteiger partial charge is 0.309 e. The molecule has 3 nitrogen and oxygen atoms in total. The monoisotopic (exact) mass is 357 g/mol. The summed E-state index contributed by atoms with van der Waals surface area (Å²) in [5.74, 6) is -0.227. The molecule has 0 saturated heterocycles. The van der Waals surface area contributed by atoms with Crippen molar-refractivity contribution in [3.63, 3.8) is 0 Å². The van der Waals surface area contributed by atoms with Gasteiger partial charge in [-0.15, -0.1) is 5.10 Å². The summed E-state index contributed by atoms with van der Waals surface area (Å²) in [5, 5.41) is 7.60. The van der Waals surface area contributed by atoms with Crippen molar-refractivity contribution < 1.29 is 4.39 Å². The Morgan fingerprint density at radius 1 is 1.45 bits per heavy atom. The van der Waals surface area contributed by atoms with Crippen LogP contribution in [0.5, 0.6) is 0 Å². The highest BCUT2D eigenvalue weighted by Crippen LogP contribution is 2.27. The molecule has 1 atom stereocenters. The lowest BCUT2D eigenvalue weighted by molar-refractivity contribution is 0.532. The number of nitrogens with zero attached hydrogens (tertiary/aromatic N) is 2. The van der Waals surface area contributed by atoms with Crippen LogP contribution in [-0.2, 0) is 6.42 Å². The quantitative estimate of drug-likeness (QED) is 0.847. The third-order valence-electron chi connectivity index (χ3n) is 3.08. The van der Waals surface area contributed by atoms with Crippen molar-refractivity contribution >= 4 is 27.5 Å². The van der Waals surface area contributed by atoms with Gasteiger partial charge in [0, 0.05) is 10.5 Å². The molecule has 1 unspecified atom stereocenters. The Kier molecular flexibility index (Phi) is 5.63. The number of rotatable bonds is 6. The first-order chi connectivity index (χ1) is 9.61. The molecule has 0 aliphatic rings. The minimum absolute atomic E-state index is 0.164. The molecule has 2 aromatic rings. The van der Waals surface area contributed by atoms with E-state index in [0.29, 0.717) is 0 Å². The molecule has 0 saturated carbocycles. The molecule has 0 bridgehead atoms. The summed E-state index contributed by atoms with van der Waals surface area (Å²) in [6.45, 7) is 5.04. The molecule has 0 aliphatic carbocycles. The standard InChI is InChI=1S/C14H17BrFN3S/c1-3-6-17-13(14-9(2)18-19-20-14)7-10-4-5-11(16)8-12(10)15/h4-5,8,13,17H,3,6-7H2,1-2H3. The minimum Gasteiger partial charge on any atom is -0.309 e. The molecule has 1 N–H and O–H groups in total. The number of halogens is 2. The van der Waals surface area contributed by atoms with Crippen LogP contribution in [0.15, 0.2) is 22.7 Å². The molecular weight excluding hydrogens is 341 g/mol. The maximum absolute atomic E-state index is 13.2. The van der Waals surface area contributed by atoms with Crippen molar-refractivity contribution in [1.29, 1.82) is 0 Å². The Morgan fingerprint density at radius 2 is 2.25 bits per heavy atom. The van der Waals surface area contributed by atoms with Gasteiger partial charge in [-0.25, -0.2) is 4.39 Å². The van der Waals surface area contributed by atoms with Gasteiger partial charge in [-0.05, 0) is 55.5 Å². The van der Waals surface area contributed by atoms with E-state index in [0.717, 1.165) is 40.0 Å². The minimum atomic E-state index is -0.227. The highest BCUT2D eigenvalue weighted by Gasteiger charge is 2.18. The van der Waals surface area contributed by atoms with Crippen LogP contribution in [0.4, 0.5) is 4.39 Å². The fourth-order valence-corrected chi connectivity index (χ4v) is 3.27. The first-order valence-corrected chi connectivity index (χ1v) is 8.14. The molecule has 6 heteroatoms. The summed E-state index contributed by atoms with van der Waals surface area (Å²) in [6.07, 6.45) is 1.85. The van der Waals surface area contributed by atoms with Gasteiger partial charge in [0.1, 0.15) is 5.82 Å². The van der Waals surface area contributed by atoms with E-state index in [1.54, 1.807) is 0 Å². The summed E-state index contributed by atoms with van der Waals surface area (Å²) in [4.78, 5) is 1.15. The van der Waals surface area contributed by atoms with E-state index in [1.807, 2.05) is 13.0 Å². The molecule has 1 aromatic carbocycles. The van der Waals surface area contributed by atoms with Gasteiger partial charge >= 0.3 is 0 Å². The van der Waals surface area contributed by atoms with Crippen LogP contribution in [0, 0.1) is 12.7 Å². The summed E-state index contributed by atoms with van der Waals surface area (Å²) in [6, 6.07) is 4.99. The van der Waals surface area contributed by atoms with E-state index in [1.165, 1.54) is 23.7 Å². The van der Waals surface area contributed by atoms with E-state index in [-0.39, 0.29) is 11.9 Å². The second-order valence-corrected chi connectivity index (χ2v) is 6.31. The van der Waals surface area contributed by atoms with Crippen molar-refractivity contribution in [3.05, 3.63) is 44.6 Å². The van der Waals surface area contributed by atoms with E-state index >= 15 is 0 Å². The second kappa shape index (κ2) is 7.24. The van der Waals surface area contributed by atoms with Gasteiger partial charge in [0.25, 0.3) is 0 Å². The van der Waals surface area contributed by atoms with Crippen LogP contribution < -0.4 is 5.32 Å². The van der Waals surface area contributed by atoms with Gasteiger partial charge in [-0.1, -0.05) is 33.4 Å². The van der Waals surface area contributed by atoms with Crippen molar-refractivity contribution in [2.24, 2.45) is 0 Å². The number of hydrogen-bond acceptors (Lipinski definition) is 4. The van der Waals surface area contributed by atoms with E-state index < -0.39 is 0 Å². The van der Waals surface area contributed by atoms with Crippen molar-refractivity contribution in [3.8, 4) is 0 Å². The molecule has 0 aliphatic heterocycles. The van der Waals surface area contributed by atoms with Crippen molar-refractivity contribution in [1.82, 2.24) is 14.9 Å². The van der Waals surface area contributed by atoms with Crippen molar-refractivity contribution in [2.75, 3.05) is 6.54 Å². The van der Waals surface area contributed by atoms with Crippen LogP contribution >= 0.6 is 27.5 Å². The topological polar surface area (TPSA) is 37.8 Å². The fraction of sp³-hybridized carbons (Fsp3) is 0.429. The number of aromatic nitrogens is 2. The highest BCUT2D eigenvalue weighted by molar-refractivity contribution is 9.10. The van der Waals surface area contributed by atoms with Gasteiger partial charge in [0.2, 0.25) is 0 Å². The predicted molar refractivity (Wildman–Crippen MR) is 83.5 cm³/mol. The van der Waals surface area contributed by atoms with Gasteiger partial charge in [0.05, 0.1) is 10.6 Å². The summed E-state index contributed by atoms with van der Waals surface area (Å²) >= 11 is 4.85. The van der Waals surface area contributed by atoms with Gasteiger partial charge in [-0.3, -0.25) is 0 Å². The molecule has 20 heavy (non-hydrogen) atoms. The Bertz CT molecular complexity index is 573. The zero-order valence-electron chi connectivity index (χ0n) is 11.5. The number of benzene rings is 1. The maximum Gasteiger partial charge on any atom is 0.124 e. The molecule has 108 valence electrons. The molecule has 2 rings (SSSR count).